The zero-order chi connectivity index (χ0) is 17.4. The summed E-state index contributed by atoms with van der Waals surface area (Å²) in [5.41, 5.74) is 4.03. The van der Waals surface area contributed by atoms with E-state index in [0.717, 1.165) is 42.4 Å². The normalized spacial score (nSPS) is 11.0. The van der Waals surface area contributed by atoms with Gasteiger partial charge in [0.05, 0.1) is 16.3 Å². The summed E-state index contributed by atoms with van der Waals surface area (Å²) in [7, 11) is 0. The van der Waals surface area contributed by atoms with Gasteiger partial charge in [-0.3, -0.25) is 0 Å². The largest absolute Gasteiger partial charge is 0.241 e. The first-order valence-electron chi connectivity index (χ1n) is 7.55. The third-order valence-corrected chi connectivity index (χ3v) is 6.30. The third-order valence-electron chi connectivity index (χ3n) is 3.70. The van der Waals surface area contributed by atoms with Gasteiger partial charge in [-0.25, -0.2) is 9.97 Å². The van der Waals surface area contributed by atoms with Gasteiger partial charge in [0, 0.05) is 26.6 Å². The fourth-order valence-electron chi connectivity index (χ4n) is 2.48. The van der Waals surface area contributed by atoms with Crippen molar-refractivity contribution in [3.8, 4) is 31.7 Å². The van der Waals surface area contributed by atoms with Crippen LogP contribution in [0, 0.1) is 6.92 Å². The Hall–Kier alpha value is -1.72. The van der Waals surface area contributed by atoms with Gasteiger partial charge in [0.25, 0.3) is 0 Å². The zero-order valence-corrected chi connectivity index (χ0v) is 16.3. The average molecular weight is 403 g/mol. The SMILES string of the molecule is Cc1nc(-c2ccc(Cl)cc2)sc1-c1csc(-c2cccc(Cl)c2)n1. The van der Waals surface area contributed by atoms with Gasteiger partial charge in [0.15, 0.2) is 0 Å². The van der Waals surface area contributed by atoms with Crippen molar-refractivity contribution in [1.29, 1.82) is 0 Å². The molecule has 2 heterocycles. The molecule has 0 aliphatic rings. The number of benzene rings is 2. The van der Waals surface area contributed by atoms with Gasteiger partial charge in [-0.05, 0) is 31.2 Å². The number of aryl methyl sites for hydroxylation is 1. The van der Waals surface area contributed by atoms with Gasteiger partial charge in [-0.2, -0.15) is 0 Å². The van der Waals surface area contributed by atoms with E-state index in [1.54, 1.807) is 22.7 Å². The molecule has 2 nitrogen and oxygen atoms in total. The van der Waals surface area contributed by atoms with Crippen LogP contribution in [0.5, 0.6) is 0 Å². The predicted molar refractivity (Wildman–Crippen MR) is 109 cm³/mol. The molecule has 0 bridgehead atoms. The zero-order valence-electron chi connectivity index (χ0n) is 13.2. The molecule has 2 aromatic carbocycles. The van der Waals surface area contributed by atoms with Crippen molar-refractivity contribution < 1.29 is 0 Å². The summed E-state index contributed by atoms with van der Waals surface area (Å²) in [6.07, 6.45) is 0. The molecular weight excluding hydrogens is 391 g/mol. The molecule has 0 spiro atoms. The molecule has 0 saturated heterocycles. The van der Waals surface area contributed by atoms with Gasteiger partial charge in [0.1, 0.15) is 10.0 Å². The van der Waals surface area contributed by atoms with Crippen LogP contribution >= 0.6 is 45.9 Å². The quantitative estimate of drug-likeness (QED) is 0.361. The number of thiazole rings is 2. The van der Waals surface area contributed by atoms with E-state index in [1.807, 2.05) is 55.5 Å². The molecule has 0 unspecified atom stereocenters. The van der Waals surface area contributed by atoms with E-state index in [0.29, 0.717) is 5.02 Å². The van der Waals surface area contributed by atoms with Gasteiger partial charge in [0.2, 0.25) is 0 Å². The van der Waals surface area contributed by atoms with Crippen molar-refractivity contribution in [2.45, 2.75) is 6.92 Å². The van der Waals surface area contributed by atoms with Crippen LogP contribution in [0.25, 0.3) is 31.7 Å². The van der Waals surface area contributed by atoms with Gasteiger partial charge in [-0.15, -0.1) is 22.7 Å². The summed E-state index contributed by atoms with van der Waals surface area (Å²) >= 11 is 15.3. The lowest BCUT2D eigenvalue weighted by atomic mass is 10.2. The maximum absolute atomic E-state index is 6.09. The molecule has 6 heteroatoms. The average Bonchev–Trinajstić information content (AvgIpc) is 3.22. The summed E-state index contributed by atoms with van der Waals surface area (Å²) in [5.74, 6) is 0. The highest BCUT2D eigenvalue weighted by atomic mass is 35.5. The Morgan fingerprint density at radius 3 is 2.40 bits per heavy atom. The summed E-state index contributed by atoms with van der Waals surface area (Å²) in [6, 6.07) is 15.5. The van der Waals surface area contributed by atoms with Crippen molar-refractivity contribution in [2.24, 2.45) is 0 Å². The highest BCUT2D eigenvalue weighted by Crippen LogP contribution is 2.37. The topological polar surface area (TPSA) is 25.8 Å². The molecule has 0 N–H and O–H groups in total. The molecule has 0 atom stereocenters. The number of nitrogens with zero attached hydrogens (tertiary/aromatic N) is 2. The first kappa shape index (κ1) is 16.7. The molecule has 0 saturated carbocycles. The van der Waals surface area contributed by atoms with E-state index in [-0.39, 0.29) is 0 Å². The summed E-state index contributed by atoms with van der Waals surface area (Å²) < 4.78 is 0. The monoisotopic (exact) mass is 402 g/mol. The molecule has 0 aliphatic heterocycles. The second-order valence-corrected chi connectivity index (χ2v) is 8.22. The Labute approximate surface area is 163 Å². The van der Waals surface area contributed by atoms with Crippen LogP contribution in [0.3, 0.4) is 0 Å². The Balaban J connectivity index is 1.70. The summed E-state index contributed by atoms with van der Waals surface area (Å²) in [4.78, 5) is 10.6. The van der Waals surface area contributed by atoms with Crippen LogP contribution in [0.15, 0.2) is 53.9 Å². The highest BCUT2D eigenvalue weighted by Gasteiger charge is 2.15. The lowest BCUT2D eigenvalue weighted by Gasteiger charge is -1.96. The van der Waals surface area contributed by atoms with E-state index >= 15 is 0 Å². The maximum Gasteiger partial charge on any atom is 0.124 e. The molecule has 0 radical (unpaired) electrons. The smallest absolute Gasteiger partial charge is 0.124 e. The van der Waals surface area contributed by atoms with Gasteiger partial charge < -0.3 is 0 Å². The molecule has 124 valence electrons. The van der Waals surface area contributed by atoms with E-state index in [2.05, 4.69) is 5.38 Å². The van der Waals surface area contributed by atoms with Crippen molar-refractivity contribution in [3.63, 3.8) is 0 Å². The molecule has 2 aromatic heterocycles. The second-order valence-electron chi connectivity index (χ2n) is 5.49. The van der Waals surface area contributed by atoms with Crippen LogP contribution in [0.2, 0.25) is 10.0 Å². The molecule has 0 aliphatic carbocycles. The molecular formula is C19H12Cl2N2S2. The summed E-state index contributed by atoms with van der Waals surface area (Å²) in [6.45, 7) is 2.02. The Kier molecular flexibility index (Phi) is 4.61. The predicted octanol–water partition coefficient (Wildman–Crippen LogP) is 7.22. The minimum absolute atomic E-state index is 0.716. The number of hydrogen-bond acceptors (Lipinski definition) is 4. The summed E-state index contributed by atoms with van der Waals surface area (Å²) in [5, 5.41) is 5.44. The molecule has 0 fully saturated rings. The van der Waals surface area contributed by atoms with Crippen molar-refractivity contribution in [1.82, 2.24) is 9.97 Å². The van der Waals surface area contributed by atoms with E-state index < -0.39 is 0 Å². The molecule has 0 amide bonds. The standard InChI is InChI=1S/C19H12Cl2N2S2/c1-11-17(25-19(22-11)12-5-7-14(20)8-6-12)16-10-24-18(23-16)13-3-2-4-15(21)9-13/h2-10H,1H3. The fourth-order valence-corrected chi connectivity index (χ4v) is 4.71. The third kappa shape index (κ3) is 3.48. The fraction of sp³-hybridized carbons (Fsp3) is 0.0526. The first-order valence-corrected chi connectivity index (χ1v) is 10.0. The minimum Gasteiger partial charge on any atom is -0.241 e. The van der Waals surface area contributed by atoms with Crippen molar-refractivity contribution in [2.75, 3.05) is 0 Å². The van der Waals surface area contributed by atoms with Crippen molar-refractivity contribution >= 4 is 45.9 Å². The van der Waals surface area contributed by atoms with Crippen LogP contribution in [0.4, 0.5) is 0 Å². The second kappa shape index (κ2) is 6.89. The van der Waals surface area contributed by atoms with E-state index in [4.69, 9.17) is 33.2 Å². The number of hydrogen-bond donors (Lipinski definition) is 0. The van der Waals surface area contributed by atoms with E-state index in [1.165, 1.54) is 0 Å². The van der Waals surface area contributed by atoms with Crippen LogP contribution in [-0.4, -0.2) is 9.97 Å². The lowest BCUT2D eigenvalue weighted by Crippen LogP contribution is -1.80. The molecule has 25 heavy (non-hydrogen) atoms. The van der Waals surface area contributed by atoms with Crippen LogP contribution < -0.4 is 0 Å². The molecule has 4 rings (SSSR count). The van der Waals surface area contributed by atoms with Crippen LogP contribution in [-0.2, 0) is 0 Å². The first-order chi connectivity index (χ1) is 12.1. The Morgan fingerprint density at radius 1 is 0.840 bits per heavy atom. The van der Waals surface area contributed by atoms with Crippen LogP contribution in [0.1, 0.15) is 5.69 Å². The number of rotatable bonds is 3. The van der Waals surface area contributed by atoms with E-state index in [9.17, 15) is 0 Å². The Morgan fingerprint density at radius 2 is 1.64 bits per heavy atom. The number of halogens is 2. The van der Waals surface area contributed by atoms with Gasteiger partial charge in [-0.1, -0.05) is 47.5 Å². The Bertz CT molecular complexity index is 1040. The highest BCUT2D eigenvalue weighted by molar-refractivity contribution is 7.19. The molecule has 4 aromatic rings. The number of aromatic nitrogens is 2. The maximum atomic E-state index is 6.09. The lowest BCUT2D eigenvalue weighted by molar-refractivity contribution is 1.26. The van der Waals surface area contributed by atoms with Gasteiger partial charge >= 0.3 is 0 Å². The van der Waals surface area contributed by atoms with Crippen molar-refractivity contribution in [3.05, 3.63) is 69.7 Å². The minimum atomic E-state index is 0.716.